The van der Waals surface area contributed by atoms with Gasteiger partial charge in [0.25, 0.3) is 0 Å². The number of hydrogen-bond donors (Lipinski definition) is 1. The molecule has 0 aromatic rings. The fraction of sp³-hybridized carbons (Fsp3) is 0.583. The Labute approximate surface area is 85.3 Å². The molecule has 0 spiro atoms. The molecule has 78 valence electrons. The van der Waals surface area contributed by atoms with E-state index in [0.717, 1.165) is 5.57 Å². The molecule has 0 heterocycles. The van der Waals surface area contributed by atoms with Crippen molar-refractivity contribution in [2.75, 3.05) is 0 Å². The van der Waals surface area contributed by atoms with Gasteiger partial charge in [-0.3, -0.25) is 4.79 Å². The number of hydrogen-bond acceptors (Lipinski definition) is 1. The maximum atomic E-state index is 10.9. The molecule has 0 radical (unpaired) electrons. The van der Waals surface area contributed by atoms with Gasteiger partial charge >= 0.3 is 5.97 Å². The summed E-state index contributed by atoms with van der Waals surface area (Å²) < 4.78 is 0. The third-order valence-corrected chi connectivity index (χ3v) is 3.05. The van der Waals surface area contributed by atoms with Crippen LogP contribution >= 0.6 is 0 Å². The van der Waals surface area contributed by atoms with Crippen molar-refractivity contribution in [3.05, 3.63) is 23.8 Å². The van der Waals surface area contributed by atoms with Crippen LogP contribution in [0.1, 0.15) is 27.7 Å². The number of carboxylic acid groups (broad SMARTS) is 1. The molecule has 2 nitrogen and oxygen atoms in total. The number of carboxylic acids is 1. The van der Waals surface area contributed by atoms with Crippen LogP contribution in [0.25, 0.3) is 0 Å². The lowest BCUT2D eigenvalue weighted by molar-refractivity contribution is -0.139. The van der Waals surface area contributed by atoms with Gasteiger partial charge < -0.3 is 5.11 Å². The zero-order valence-electron chi connectivity index (χ0n) is 9.24. The minimum atomic E-state index is -0.676. The largest absolute Gasteiger partial charge is 0.481 e. The Morgan fingerprint density at radius 2 is 2.00 bits per heavy atom. The van der Waals surface area contributed by atoms with Gasteiger partial charge in [0.15, 0.2) is 0 Å². The first-order valence-corrected chi connectivity index (χ1v) is 4.95. The molecular formula is C12H18O2. The van der Waals surface area contributed by atoms with Crippen LogP contribution < -0.4 is 0 Å². The summed E-state index contributed by atoms with van der Waals surface area (Å²) in [5, 5.41) is 8.95. The van der Waals surface area contributed by atoms with E-state index in [4.69, 9.17) is 5.11 Å². The molecule has 1 aliphatic carbocycles. The minimum Gasteiger partial charge on any atom is -0.481 e. The van der Waals surface area contributed by atoms with Crippen LogP contribution in [0.5, 0.6) is 0 Å². The minimum absolute atomic E-state index is 0.0747. The monoisotopic (exact) mass is 194 g/mol. The Morgan fingerprint density at radius 1 is 1.43 bits per heavy atom. The van der Waals surface area contributed by atoms with Crippen molar-refractivity contribution in [1.82, 2.24) is 0 Å². The van der Waals surface area contributed by atoms with Gasteiger partial charge in [-0.2, -0.15) is 0 Å². The third kappa shape index (κ3) is 1.89. The summed E-state index contributed by atoms with van der Waals surface area (Å²) in [6.07, 6.45) is 6.04. The third-order valence-electron chi connectivity index (χ3n) is 3.05. The van der Waals surface area contributed by atoms with Crippen molar-refractivity contribution in [3.8, 4) is 0 Å². The maximum Gasteiger partial charge on any atom is 0.307 e. The van der Waals surface area contributed by atoms with Gasteiger partial charge in [0.1, 0.15) is 0 Å². The SMILES string of the molecule is CC=CC(C)=CC1C(C(=O)O)C1(C)C. The second-order valence-electron chi connectivity index (χ2n) is 4.57. The normalized spacial score (nSPS) is 30.7. The van der Waals surface area contributed by atoms with Crippen LogP contribution in [0.2, 0.25) is 0 Å². The molecule has 1 rings (SSSR count). The highest BCUT2D eigenvalue weighted by Gasteiger charge is 2.60. The molecule has 0 aromatic carbocycles. The second-order valence-corrected chi connectivity index (χ2v) is 4.57. The number of rotatable bonds is 3. The molecule has 2 unspecified atom stereocenters. The maximum absolute atomic E-state index is 10.9. The van der Waals surface area contributed by atoms with E-state index >= 15 is 0 Å². The summed E-state index contributed by atoms with van der Waals surface area (Å²) in [6.45, 7) is 7.99. The van der Waals surface area contributed by atoms with Crippen LogP contribution in [0.4, 0.5) is 0 Å². The number of allylic oxidation sites excluding steroid dienone is 4. The summed E-state index contributed by atoms with van der Waals surface area (Å²) in [6, 6.07) is 0. The van der Waals surface area contributed by atoms with Crippen LogP contribution in [0, 0.1) is 17.3 Å². The van der Waals surface area contributed by atoms with Gasteiger partial charge in [-0.1, -0.05) is 37.6 Å². The first-order valence-electron chi connectivity index (χ1n) is 4.95. The highest BCUT2D eigenvalue weighted by molar-refractivity contribution is 5.76. The van der Waals surface area contributed by atoms with Gasteiger partial charge in [0.2, 0.25) is 0 Å². The molecule has 1 aliphatic rings. The Morgan fingerprint density at radius 3 is 2.36 bits per heavy atom. The van der Waals surface area contributed by atoms with Crippen molar-refractivity contribution in [2.24, 2.45) is 17.3 Å². The van der Waals surface area contributed by atoms with Crippen molar-refractivity contribution in [2.45, 2.75) is 27.7 Å². The summed E-state index contributed by atoms with van der Waals surface area (Å²) in [5.41, 5.74) is 1.07. The Hall–Kier alpha value is -1.05. The molecule has 0 aliphatic heterocycles. The molecule has 1 fully saturated rings. The molecule has 1 N–H and O–H groups in total. The lowest BCUT2D eigenvalue weighted by Gasteiger charge is -1.97. The van der Waals surface area contributed by atoms with Crippen molar-refractivity contribution in [1.29, 1.82) is 0 Å². The molecule has 2 atom stereocenters. The molecule has 14 heavy (non-hydrogen) atoms. The topological polar surface area (TPSA) is 37.3 Å². The number of carbonyl (C=O) groups is 1. The lowest BCUT2D eigenvalue weighted by Crippen LogP contribution is -2.03. The van der Waals surface area contributed by atoms with Crippen LogP contribution in [0.15, 0.2) is 23.8 Å². The van der Waals surface area contributed by atoms with Gasteiger partial charge in [-0.15, -0.1) is 0 Å². The molecular weight excluding hydrogens is 176 g/mol. The van der Waals surface area contributed by atoms with Gasteiger partial charge in [-0.25, -0.2) is 0 Å². The Bertz CT molecular complexity index is 297. The first kappa shape index (κ1) is 11.0. The Kier molecular flexibility index (Phi) is 2.84. The quantitative estimate of drug-likeness (QED) is 0.701. The van der Waals surface area contributed by atoms with Crippen molar-refractivity contribution < 1.29 is 9.90 Å². The summed E-state index contributed by atoms with van der Waals surface area (Å²) in [4.78, 5) is 10.9. The highest BCUT2D eigenvalue weighted by Crippen LogP contribution is 2.59. The highest BCUT2D eigenvalue weighted by atomic mass is 16.4. The van der Waals surface area contributed by atoms with E-state index in [2.05, 4.69) is 6.08 Å². The predicted molar refractivity (Wildman–Crippen MR) is 57.0 cm³/mol. The average molecular weight is 194 g/mol. The van der Waals surface area contributed by atoms with Gasteiger partial charge in [0.05, 0.1) is 5.92 Å². The molecule has 1 saturated carbocycles. The second kappa shape index (κ2) is 3.60. The van der Waals surface area contributed by atoms with E-state index in [1.54, 1.807) is 0 Å². The lowest BCUT2D eigenvalue weighted by atomic mass is 10.1. The van der Waals surface area contributed by atoms with E-state index in [9.17, 15) is 4.79 Å². The molecule has 0 aromatic heterocycles. The molecule has 2 heteroatoms. The van der Waals surface area contributed by atoms with E-state index in [-0.39, 0.29) is 17.3 Å². The average Bonchev–Trinajstić information content (AvgIpc) is 2.53. The molecule has 0 saturated heterocycles. The fourth-order valence-electron chi connectivity index (χ4n) is 2.06. The van der Waals surface area contributed by atoms with E-state index < -0.39 is 5.97 Å². The first-order chi connectivity index (χ1) is 6.41. The van der Waals surface area contributed by atoms with Crippen molar-refractivity contribution in [3.63, 3.8) is 0 Å². The Balaban J connectivity index is 2.75. The number of aliphatic carboxylic acids is 1. The predicted octanol–water partition coefficient (Wildman–Crippen LogP) is 2.87. The van der Waals surface area contributed by atoms with Crippen LogP contribution in [-0.4, -0.2) is 11.1 Å². The zero-order valence-corrected chi connectivity index (χ0v) is 9.24. The van der Waals surface area contributed by atoms with Gasteiger partial charge in [0, 0.05) is 0 Å². The summed E-state index contributed by atoms with van der Waals surface area (Å²) in [5.74, 6) is -0.691. The van der Waals surface area contributed by atoms with Crippen molar-refractivity contribution >= 4 is 5.97 Å². The summed E-state index contributed by atoms with van der Waals surface area (Å²) in [7, 11) is 0. The van der Waals surface area contributed by atoms with Crippen LogP contribution in [0.3, 0.4) is 0 Å². The molecule has 0 bridgehead atoms. The molecule has 0 amide bonds. The standard InChI is InChI=1S/C12H18O2/c1-5-6-8(2)7-9-10(11(13)14)12(9,3)4/h5-7,9-10H,1-4H3,(H,13,14). The van der Waals surface area contributed by atoms with Crippen LogP contribution in [-0.2, 0) is 4.79 Å². The summed E-state index contributed by atoms with van der Waals surface area (Å²) >= 11 is 0. The smallest absolute Gasteiger partial charge is 0.307 e. The zero-order chi connectivity index (χ0) is 10.9. The van der Waals surface area contributed by atoms with E-state index in [1.807, 2.05) is 39.8 Å². The van der Waals surface area contributed by atoms with E-state index in [0.29, 0.717) is 0 Å². The van der Waals surface area contributed by atoms with Gasteiger partial charge in [-0.05, 0) is 25.2 Å². The van der Waals surface area contributed by atoms with E-state index in [1.165, 1.54) is 0 Å². The fourth-order valence-corrected chi connectivity index (χ4v) is 2.06.